The number of carbonyl (C=O) groups is 2. The molecule has 1 amide bonds. The SMILES string of the molecule is CC(C)(C)OC(=O)N1CCC[C@@H]1C(=O)n1c(=O)[nH]c2ccccc21. The molecule has 1 aromatic carbocycles. The number of amides is 1. The maximum absolute atomic E-state index is 12.9. The van der Waals surface area contributed by atoms with E-state index in [0.29, 0.717) is 30.4 Å². The number of benzene rings is 1. The number of aromatic amines is 1. The Morgan fingerprint density at radius 1 is 1.25 bits per heavy atom. The highest BCUT2D eigenvalue weighted by atomic mass is 16.6. The molecule has 0 aliphatic carbocycles. The zero-order valence-electron chi connectivity index (χ0n) is 14.0. The summed E-state index contributed by atoms with van der Waals surface area (Å²) >= 11 is 0. The van der Waals surface area contributed by atoms with Gasteiger partial charge in [0, 0.05) is 6.54 Å². The van der Waals surface area contributed by atoms with Gasteiger partial charge >= 0.3 is 11.8 Å². The highest BCUT2D eigenvalue weighted by Gasteiger charge is 2.38. The van der Waals surface area contributed by atoms with Gasteiger partial charge in [-0.3, -0.25) is 9.69 Å². The number of ether oxygens (including phenoxy) is 1. The van der Waals surface area contributed by atoms with E-state index < -0.39 is 29.3 Å². The highest BCUT2D eigenvalue weighted by Crippen LogP contribution is 2.23. The summed E-state index contributed by atoms with van der Waals surface area (Å²) in [6, 6.07) is 6.31. The first-order valence-electron chi connectivity index (χ1n) is 8.01. The molecule has 128 valence electrons. The van der Waals surface area contributed by atoms with Crippen LogP contribution in [-0.4, -0.2) is 44.6 Å². The number of imidazole rings is 1. The van der Waals surface area contributed by atoms with E-state index in [9.17, 15) is 14.4 Å². The van der Waals surface area contributed by atoms with E-state index in [1.807, 2.05) is 0 Å². The predicted molar refractivity (Wildman–Crippen MR) is 89.1 cm³/mol. The number of carbonyl (C=O) groups excluding carboxylic acids is 2. The number of nitrogens with one attached hydrogen (secondary N) is 1. The van der Waals surface area contributed by atoms with Crippen LogP contribution in [0.1, 0.15) is 38.4 Å². The second-order valence-corrected chi connectivity index (χ2v) is 6.95. The Labute approximate surface area is 139 Å². The van der Waals surface area contributed by atoms with Gasteiger partial charge < -0.3 is 9.72 Å². The average Bonchev–Trinajstić information content (AvgIpc) is 3.08. The maximum atomic E-state index is 12.9. The Kier molecular flexibility index (Phi) is 3.95. The number of hydrogen-bond acceptors (Lipinski definition) is 4. The van der Waals surface area contributed by atoms with Crippen LogP contribution < -0.4 is 5.69 Å². The fraction of sp³-hybridized carbons (Fsp3) is 0.471. The monoisotopic (exact) mass is 331 g/mol. The van der Waals surface area contributed by atoms with Gasteiger partial charge in [-0.1, -0.05) is 12.1 Å². The molecule has 1 atom stereocenters. The van der Waals surface area contributed by atoms with Crippen molar-refractivity contribution in [1.82, 2.24) is 14.5 Å². The predicted octanol–water partition coefficient (Wildman–Crippen LogP) is 2.37. The molecular weight excluding hydrogens is 310 g/mol. The van der Waals surface area contributed by atoms with Crippen molar-refractivity contribution in [2.75, 3.05) is 6.54 Å². The van der Waals surface area contributed by atoms with Crippen molar-refractivity contribution in [1.29, 1.82) is 0 Å². The summed E-state index contributed by atoms with van der Waals surface area (Å²) in [7, 11) is 0. The molecule has 7 heteroatoms. The van der Waals surface area contributed by atoms with Crippen molar-refractivity contribution in [2.45, 2.75) is 45.3 Å². The first-order valence-corrected chi connectivity index (χ1v) is 8.01. The molecule has 1 aliphatic rings. The lowest BCUT2D eigenvalue weighted by Gasteiger charge is -2.27. The van der Waals surface area contributed by atoms with Crippen LogP contribution in [0.15, 0.2) is 29.1 Å². The standard InChI is InChI=1S/C17H21N3O4/c1-17(2,3)24-16(23)19-10-6-9-13(19)14(21)20-12-8-5-4-7-11(12)18-15(20)22/h4-5,7-8,13H,6,9-10H2,1-3H3,(H,18,22)/t13-/m1/s1. The minimum absolute atomic E-state index is 0.402. The summed E-state index contributed by atoms with van der Waals surface area (Å²) < 4.78 is 6.49. The summed E-state index contributed by atoms with van der Waals surface area (Å²) in [6.45, 7) is 5.79. The number of rotatable bonds is 1. The smallest absolute Gasteiger partial charge is 0.410 e. The number of nitrogens with zero attached hydrogens (tertiary/aromatic N) is 2. The molecule has 1 fully saturated rings. The van der Waals surface area contributed by atoms with E-state index in [4.69, 9.17) is 4.74 Å². The van der Waals surface area contributed by atoms with Crippen LogP contribution in [0.4, 0.5) is 4.79 Å². The molecule has 0 radical (unpaired) electrons. The van der Waals surface area contributed by atoms with Crippen molar-refractivity contribution >= 4 is 23.0 Å². The number of hydrogen-bond donors (Lipinski definition) is 1. The maximum Gasteiger partial charge on any atom is 0.410 e. The van der Waals surface area contributed by atoms with E-state index >= 15 is 0 Å². The van der Waals surface area contributed by atoms with Crippen LogP contribution in [-0.2, 0) is 4.74 Å². The van der Waals surface area contributed by atoms with Gasteiger partial charge in [0.25, 0.3) is 5.91 Å². The van der Waals surface area contributed by atoms with E-state index in [0.717, 1.165) is 4.57 Å². The van der Waals surface area contributed by atoms with Crippen LogP contribution >= 0.6 is 0 Å². The second-order valence-electron chi connectivity index (χ2n) is 6.95. The van der Waals surface area contributed by atoms with Gasteiger partial charge in [-0.15, -0.1) is 0 Å². The number of likely N-dealkylation sites (tertiary alicyclic amines) is 1. The molecule has 0 bridgehead atoms. The van der Waals surface area contributed by atoms with Gasteiger partial charge in [-0.25, -0.2) is 14.2 Å². The van der Waals surface area contributed by atoms with Crippen LogP contribution in [0, 0.1) is 0 Å². The quantitative estimate of drug-likeness (QED) is 0.869. The topological polar surface area (TPSA) is 84.4 Å². The molecule has 2 heterocycles. The summed E-state index contributed by atoms with van der Waals surface area (Å²) in [6.07, 6.45) is 0.697. The van der Waals surface area contributed by atoms with Gasteiger partial charge in [0.1, 0.15) is 11.6 Å². The molecule has 0 saturated carbocycles. The van der Waals surface area contributed by atoms with E-state index in [2.05, 4.69) is 4.98 Å². The summed E-state index contributed by atoms with van der Waals surface area (Å²) in [5.41, 5.74) is -0.0105. The second kappa shape index (κ2) is 5.81. The molecule has 1 saturated heterocycles. The fourth-order valence-electron chi connectivity index (χ4n) is 2.99. The van der Waals surface area contributed by atoms with E-state index in [1.54, 1.807) is 45.0 Å². The lowest BCUT2D eigenvalue weighted by atomic mass is 10.2. The molecule has 1 aromatic heterocycles. The van der Waals surface area contributed by atoms with Crippen LogP contribution in [0.5, 0.6) is 0 Å². The van der Waals surface area contributed by atoms with Gasteiger partial charge in [-0.2, -0.15) is 0 Å². The zero-order valence-corrected chi connectivity index (χ0v) is 14.0. The Hall–Kier alpha value is -2.57. The van der Waals surface area contributed by atoms with E-state index in [-0.39, 0.29) is 0 Å². The fourth-order valence-corrected chi connectivity index (χ4v) is 2.99. The van der Waals surface area contributed by atoms with Crippen LogP contribution in [0.3, 0.4) is 0 Å². The van der Waals surface area contributed by atoms with Crippen molar-refractivity contribution in [3.05, 3.63) is 34.7 Å². The largest absolute Gasteiger partial charge is 0.444 e. The molecule has 0 unspecified atom stereocenters. The van der Waals surface area contributed by atoms with Crippen LogP contribution in [0.2, 0.25) is 0 Å². The summed E-state index contributed by atoms with van der Waals surface area (Å²) in [5.74, 6) is -0.402. The summed E-state index contributed by atoms with van der Waals surface area (Å²) in [4.78, 5) is 41.5. The molecule has 1 aliphatic heterocycles. The zero-order chi connectivity index (χ0) is 17.5. The number of para-hydroxylation sites is 2. The molecule has 2 aromatic rings. The lowest BCUT2D eigenvalue weighted by Crippen LogP contribution is -2.46. The van der Waals surface area contributed by atoms with Crippen LogP contribution in [0.25, 0.3) is 11.0 Å². The molecule has 0 spiro atoms. The van der Waals surface area contributed by atoms with Crippen molar-refractivity contribution in [2.24, 2.45) is 0 Å². The Morgan fingerprint density at radius 3 is 2.67 bits per heavy atom. The molecule has 1 N–H and O–H groups in total. The summed E-state index contributed by atoms with van der Waals surface area (Å²) in [5, 5.41) is 0. The minimum atomic E-state index is -0.684. The molecule has 24 heavy (non-hydrogen) atoms. The lowest BCUT2D eigenvalue weighted by molar-refractivity contribution is 0.0210. The number of fused-ring (bicyclic) bond motifs is 1. The first kappa shape index (κ1) is 16.3. The Bertz CT molecular complexity index is 843. The first-order chi connectivity index (χ1) is 11.3. The number of aromatic nitrogens is 2. The Morgan fingerprint density at radius 2 is 1.96 bits per heavy atom. The Balaban J connectivity index is 1.92. The van der Waals surface area contributed by atoms with Gasteiger partial charge in [0.05, 0.1) is 11.0 Å². The van der Waals surface area contributed by atoms with Gasteiger partial charge in [0.2, 0.25) is 0 Å². The van der Waals surface area contributed by atoms with Crippen molar-refractivity contribution in [3.8, 4) is 0 Å². The van der Waals surface area contributed by atoms with Gasteiger partial charge in [0.15, 0.2) is 0 Å². The molecular formula is C17H21N3O4. The van der Waals surface area contributed by atoms with Gasteiger partial charge in [-0.05, 0) is 45.7 Å². The highest BCUT2D eigenvalue weighted by molar-refractivity contribution is 5.94. The van der Waals surface area contributed by atoms with Crippen molar-refractivity contribution in [3.63, 3.8) is 0 Å². The third kappa shape index (κ3) is 2.93. The normalized spacial score (nSPS) is 18.1. The van der Waals surface area contributed by atoms with Crippen molar-refractivity contribution < 1.29 is 14.3 Å². The average molecular weight is 331 g/mol. The third-order valence-corrected chi connectivity index (χ3v) is 3.98. The number of H-pyrrole nitrogens is 1. The minimum Gasteiger partial charge on any atom is -0.444 e. The van der Waals surface area contributed by atoms with E-state index in [1.165, 1.54) is 4.90 Å². The molecule has 3 rings (SSSR count). The third-order valence-electron chi connectivity index (χ3n) is 3.98. The molecule has 7 nitrogen and oxygen atoms in total.